The first kappa shape index (κ1) is 11.3. The van der Waals surface area contributed by atoms with Crippen LogP contribution in [0.2, 0.25) is 0 Å². The SMILES string of the molecule is COc1cc([C@H]2OC[C@@H]3C(=O)OC[C@@H]32)ccc1O. The number of hydrogen-bond donors (Lipinski definition) is 1. The Labute approximate surface area is 104 Å². The average molecular weight is 250 g/mol. The van der Waals surface area contributed by atoms with Gasteiger partial charge in [-0.15, -0.1) is 0 Å². The number of ether oxygens (including phenoxy) is 3. The van der Waals surface area contributed by atoms with Gasteiger partial charge in [-0.05, 0) is 17.7 Å². The van der Waals surface area contributed by atoms with Crippen LogP contribution in [0.1, 0.15) is 11.7 Å². The smallest absolute Gasteiger partial charge is 0.311 e. The summed E-state index contributed by atoms with van der Waals surface area (Å²) in [7, 11) is 1.50. The molecule has 1 aromatic carbocycles. The molecule has 2 heterocycles. The summed E-state index contributed by atoms with van der Waals surface area (Å²) >= 11 is 0. The minimum absolute atomic E-state index is 0.0618. The lowest BCUT2D eigenvalue weighted by molar-refractivity contribution is -0.142. The number of methoxy groups -OCH3 is 1. The molecule has 96 valence electrons. The van der Waals surface area contributed by atoms with E-state index < -0.39 is 0 Å². The number of cyclic esters (lactones) is 1. The standard InChI is InChI=1S/C13H14O5/c1-16-11-4-7(2-3-10(11)14)12-8-5-18-13(15)9(8)6-17-12/h2-4,8-9,12,14H,5-6H2,1H3/t8-,9-,12+/m0/s1. The van der Waals surface area contributed by atoms with E-state index in [1.54, 1.807) is 18.2 Å². The first-order valence-corrected chi connectivity index (χ1v) is 5.86. The number of fused-ring (bicyclic) bond motifs is 1. The molecule has 0 spiro atoms. The highest BCUT2D eigenvalue weighted by Crippen LogP contribution is 2.44. The summed E-state index contributed by atoms with van der Waals surface area (Å²) in [6, 6.07) is 5.10. The fourth-order valence-corrected chi connectivity index (χ4v) is 2.61. The van der Waals surface area contributed by atoms with Gasteiger partial charge >= 0.3 is 5.97 Å². The van der Waals surface area contributed by atoms with Gasteiger partial charge in [0.1, 0.15) is 0 Å². The molecule has 0 unspecified atom stereocenters. The molecule has 0 radical (unpaired) electrons. The van der Waals surface area contributed by atoms with Gasteiger partial charge in [0.05, 0.1) is 32.3 Å². The maximum Gasteiger partial charge on any atom is 0.311 e. The monoisotopic (exact) mass is 250 g/mol. The van der Waals surface area contributed by atoms with E-state index in [0.717, 1.165) is 5.56 Å². The van der Waals surface area contributed by atoms with Crippen molar-refractivity contribution in [1.29, 1.82) is 0 Å². The van der Waals surface area contributed by atoms with E-state index in [4.69, 9.17) is 14.2 Å². The van der Waals surface area contributed by atoms with Crippen LogP contribution in [-0.2, 0) is 14.3 Å². The Bertz CT molecular complexity index is 484. The van der Waals surface area contributed by atoms with Gasteiger partial charge in [0.25, 0.3) is 0 Å². The first-order chi connectivity index (χ1) is 8.70. The molecule has 5 nitrogen and oxygen atoms in total. The molecule has 0 bridgehead atoms. The second kappa shape index (κ2) is 4.17. The van der Waals surface area contributed by atoms with Crippen molar-refractivity contribution in [3.63, 3.8) is 0 Å². The van der Waals surface area contributed by atoms with Crippen LogP contribution in [0, 0.1) is 11.8 Å². The van der Waals surface area contributed by atoms with Crippen LogP contribution in [0.15, 0.2) is 18.2 Å². The molecule has 2 saturated heterocycles. The van der Waals surface area contributed by atoms with E-state index in [9.17, 15) is 9.90 Å². The third-order valence-electron chi connectivity index (χ3n) is 3.61. The molecule has 2 fully saturated rings. The highest BCUT2D eigenvalue weighted by atomic mass is 16.6. The number of hydrogen-bond acceptors (Lipinski definition) is 5. The molecule has 5 heteroatoms. The van der Waals surface area contributed by atoms with Crippen LogP contribution in [0.4, 0.5) is 0 Å². The van der Waals surface area contributed by atoms with Crippen molar-refractivity contribution < 1.29 is 24.1 Å². The van der Waals surface area contributed by atoms with E-state index in [-0.39, 0.29) is 29.7 Å². The second-order valence-corrected chi connectivity index (χ2v) is 4.59. The lowest BCUT2D eigenvalue weighted by atomic mass is 9.90. The van der Waals surface area contributed by atoms with E-state index in [1.165, 1.54) is 7.11 Å². The molecule has 1 aromatic rings. The Hall–Kier alpha value is -1.75. The van der Waals surface area contributed by atoms with Crippen LogP contribution in [0.5, 0.6) is 11.5 Å². The number of phenols is 1. The molecule has 0 aromatic heterocycles. The number of benzene rings is 1. The number of aromatic hydroxyl groups is 1. The van der Waals surface area contributed by atoms with Gasteiger partial charge in [-0.3, -0.25) is 4.79 Å². The Kier molecular flexibility index (Phi) is 2.63. The van der Waals surface area contributed by atoms with E-state index in [1.807, 2.05) is 0 Å². The highest BCUT2D eigenvalue weighted by molar-refractivity contribution is 5.75. The number of phenolic OH excluding ortho intramolecular Hbond substituents is 1. The third-order valence-corrected chi connectivity index (χ3v) is 3.61. The summed E-state index contributed by atoms with van der Waals surface area (Å²) in [6.07, 6.45) is -0.170. The normalized spacial score (nSPS) is 30.1. The van der Waals surface area contributed by atoms with Crippen molar-refractivity contribution >= 4 is 5.97 Å². The molecule has 3 atom stereocenters. The predicted molar refractivity (Wildman–Crippen MR) is 61.3 cm³/mol. The summed E-state index contributed by atoms with van der Waals surface area (Å²) < 4.78 is 15.8. The van der Waals surface area contributed by atoms with Crippen molar-refractivity contribution in [1.82, 2.24) is 0 Å². The fourth-order valence-electron chi connectivity index (χ4n) is 2.61. The van der Waals surface area contributed by atoms with Crippen molar-refractivity contribution in [3.05, 3.63) is 23.8 Å². The Morgan fingerprint density at radius 1 is 1.39 bits per heavy atom. The summed E-state index contributed by atoms with van der Waals surface area (Å²) in [5, 5.41) is 9.56. The largest absolute Gasteiger partial charge is 0.504 e. The lowest BCUT2D eigenvalue weighted by Gasteiger charge is -2.16. The van der Waals surface area contributed by atoms with Gasteiger partial charge in [0.15, 0.2) is 11.5 Å². The zero-order valence-electron chi connectivity index (χ0n) is 9.96. The Morgan fingerprint density at radius 3 is 3.00 bits per heavy atom. The van der Waals surface area contributed by atoms with E-state index in [2.05, 4.69) is 0 Å². The van der Waals surface area contributed by atoms with Gasteiger partial charge in [-0.1, -0.05) is 6.07 Å². The van der Waals surface area contributed by atoms with Crippen LogP contribution in [0.3, 0.4) is 0 Å². The number of esters is 1. The maximum atomic E-state index is 11.4. The molecule has 0 aliphatic carbocycles. The summed E-state index contributed by atoms with van der Waals surface area (Å²) in [4.78, 5) is 11.4. The molecule has 18 heavy (non-hydrogen) atoms. The number of carbonyl (C=O) groups is 1. The molecule has 3 rings (SSSR count). The first-order valence-electron chi connectivity index (χ1n) is 5.86. The second-order valence-electron chi connectivity index (χ2n) is 4.59. The van der Waals surface area contributed by atoms with Crippen molar-refractivity contribution in [2.75, 3.05) is 20.3 Å². The van der Waals surface area contributed by atoms with Crippen LogP contribution < -0.4 is 4.74 Å². The molecule has 2 aliphatic rings. The Morgan fingerprint density at radius 2 is 2.22 bits per heavy atom. The van der Waals surface area contributed by atoms with Gasteiger partial charge in [0.2, 0.25) is 0 Å². The number of rotatable bonds is 2. The predicted octanol–water partition coefficient (Wildman–Crippen LogP) is 1.26. The molecule has 1 N–H and O–H groups in total. The fraction of sp³-hybridized carbons (Fsp3) is 0.462. The summed E-state index contributed by atoms with van der Waals surface area (Å²) in [5.41, 5.74) is 0.899. The van der Waals surface area contributed by atoms with Gasteiger partial charge in [-0.25, -0.2) is 0 Å². The van der Waals surface area contributed by atoms with Crippen LogP contribution in [-0.4, -0.2) is 31.4 Å². The van der Waals surface area contributed by atoms with Gasteiger partial charge < -0.3 is 19.3 Å². The van der Waals surface area contributed by atoms with Gasteiger partial charge in [-0.2, -0.15) is 0 Å². The lowest BCUT2D eigenvalue weighted by Crippen LogP contribution is -2.14. The summed E-state index contributed by atoms with van der Waals surface area (Å²) in [5.74, 6) is 0.231. The minimum atomic E-state index is -0.173. The maximum absolute atomic E-state index is 11.4. The number of carbonyl (C=O) groups excluding carboxylic acids is 1. The average Bonchev–Trinajstić information content (AvgIpc) is 2.94. The van der Waals surface area contributed by atoms with Gasteiger partial charge in [0, 0.05) is 5.92 Å². The summed E-state index contributed by atoms with van der Waals surface area (Å²) in [6.45, 7) is 0.800. The third kappa shape index (κ3) is 1.62. The van der Waals surface area contributed by atoms with E-state index >= 15 is 0 Å². The van der Waals surface area contributed by atoms with Crippen molar-refractivity contribution in [2.24, 2.45) is 11.8 Å². The zero-order valence-corrected chi connectivity index (χ0v) is 9.96. The van der Waals surface area contributed by atoms with Crippen LogP contribution >= 0.6 is 0 Å². The minimum Gasteiger partial charge on any atom is -0.504 e. The quantitative estimate of drug-likeness (QED) is 0.800. The van der Waals surface area contributed by atoms with Crippen LogP contribution in [0.25, 0.3) is 0 Å². The molecule has 2 aliphatic heterocycles. The van der Waals surface area contributed by atoms with Crippen molar-refractivity contribution in [3.8, 4) is 11.5 Å². The molecule has 0 amide bonds. The molecular formula is C13H14O5. The highest BCUT2D eigenvalue weighted by Gasteiger charge is 2.48. The Balaban J connectivity index is 1.89. The van der Waals surface area contributed by atoms with Crippen molar-refractivity contribution in [2.45, 2.75) is 6.10 Å². The molecular weight excluding hydrogens is 236 g/mol. The molecule has 0 saturated carbocycles. The zero-order chi connectivity index (χ0) is 12.7. The topological polar surface area (TPSA) is 65.0 Å². The van der Waals surface area contributed by atoms with E-state index in [0.29, 0.717) is 19.0 Å².